The summed E-state index contributed by atoms with van der Waals surface area (Å²) in [6.45, 7) is 0.932. The molecule has 0 saturated carbocycles. The fraction of sp³-hybridized carbons (Fsp3) is 0.400. The second-order valence-electron chi connectivity index (χ2n) is 5.24. The van der Waals surface area contributed by atoms with Crippen LogP contribution >= 0.6 is 0 Å². The molecule has 0 unspecified atom stereocenters. The number of fused-ring (bicyclic) bond motifs is 1. The van der Waals surface area contributed by atoms with Gasteiger partial charge in [0.2, 0.25) is 11.8 Å². The summed E-state index contributed by atoms with van der Waals surface area (Å²) in [6.07, 6.45) is 0.669. The number of primary amides is 1. The molecule has 7 nitrogen and oxygen atoms in total. The first-order valence-corrected chi connectivity index (χ1v) is 7.13. The van der Waals surface area contributed by atoms with E-state index in [9.17, 15) is 14.4 Å². The van der Waals surface area contributed by atoms with Crippen LogP contribution in [-0.2, 0) is 22.6 Å². The Bertz CT molecular complexity index is 588. The van der Waals surface area contributed by atoms with E-state index in [1.807, 2.05) is 29.2 Å². The van der Waals surface area contributed by atoms with Crippen molar-refractivity contribution in [1.29, 1.82) is 0 Å². The van der Waals surface area contributed by atoms with E-state index < -0.39 is 18.0 Å². The van der Waals surface area contributed by atoms with Crippen molar-refractivity contribution in [3.05, 3.63) is 35.4 Å². The first kappa shape index (κ1) is 16.0. The number of hydrogen-bond acceptors (Lipinski definition) is 4. The van der Waals surface area contributed by atoms with Gasteiger partial charge in [-0.3, -0.25) is 19.8 Å². The summed E-state index contributed by atoms with van der Waals surface area (Å²) in [5.74, 6) is -0.789. The molecule has 0 saturated heterocycles. The zero-order chi connectivity index (χ0) is 16.1. The Morgan fingerprint density at radius 3 is 2.59 bits per heavy atom. The Hall–Kier alpha value is -2.41. The highest BCUT2D eigenvalue weighted by molar-refractivity contribution is 5.94. The molecule has 0 fully saturated rings. The number of imide groups is 1. The topological polar surface area (TPSA) is 105 Å². The standard InChI is InChI=1S/C15H20N4O3/c1-17-15(22)18-13(20)6-7-19-9-11-5-3-2-4-10(11)8-12(19)14(16)21/h2-5,12H,6-9H2,1H3,(H2,16,21)(H2,17,18,20,22)/t12-/m1/s1. The average molecular weight is 304 g/mol. The van der Waals surface area contributed by atoms with E-state index in [0.29, 0.717) is 19.5 Å². The van der Waals surface area contributed by atoms with Gasteiger partial charge in [0.05, 0.1) is 6.04 Å². The van der Waals surface area contributed by atoms with E-state index in [4.69, 9.17) is 5.73 Å². The molecule has 1 aliphatic heterocycles. The fourth-order valence-electron chi connectivity index (χ4n) is 2.59. The maximum absolute atomic E-state index is 11.7. The zero-order valence-corrected chi connectivity index (χ0v) is 12.5. The van der Waals surface area contributed by atoms with Crippen molar-refractivity contribution < 1.29 is 14.4 Å². The van der Waals surface area contributed by atoms with Gasteiger partial charge in [0.15, 0.2) is 0 Å². The van der Waals surface area contributed by atoms with Crippen molar-refractivity contribution in [2.75, 3.05) is 13.6 Å². The summed E-state index contributed by atoms with van der Waals surface area (Å²) in [7, 11) is 1.44. The van der Waals surface area contributed by atoms with Crippen molar-refractivity contribution in [3.8, 4) is 0 Å². The molecule has 0 spiro atoms. The predicted molar refractivity (Wildman–Crippen MR) is 80.8 cm³/mol. The molecule has 118 valence electrons. The van der Waals surface area contributed by atoms with Gasteiger partial charge in [0.25, 0.3) is 0 Å². The number of amides is 4. The monoisotopic (exact) mass is 304 g/mol. The van der Waals surface area contributed by atoms with Crippen LogP contribution in [0, 0.1) is 0 Å². The zero-order valence-electron chi connectivity index (χ0n) is 12.5. The summed E-state index contributed by atoms with van der Waals surface area (Å²) in [5, 5.41) is 4.52. The molecule has 0 aliphatic carbocycles. The second kappa shape index (κ2) is 7.04. The number of hydrogen-bond donors (Lipinski definition) is 3. The summed E-state index contributed by atoms with van der Waals surface area (Å²) < 4.78 is 0. The molecule has 0 bridgehead atoms. The van der Waals surface area contributed by atoms with Gasteiger partial charge in [-0.2, -0.15) is 0 Å². The van der Waals surface area contributed by atoms with Crippen LogP contribution < -0.4 is 16.4 Å². The first-order valence-electron chi connectivity index (χ1n) is 7.13. The van der Waals surface area contributed by atoms with Crippen molar-refractivity contribution >= 4 is 17.8 Å². The molecule has 0 radical (unpaired) electrons. The fourth-order valence-corrected chi connectivity index (χ4v) is 2.59. The van der Waals surface area contributed by atoms with E-state index in [1.165, 1.54) is 7.05 Å². The molecule has 22 heavy (non-hydrogen) atoms. The lowest BCUT2D eigenvalue weighted by Gasteiger charge is -2.34. The Morgan fingerprint density at radius 2 is 1.95 bits per heavy atom. The number of benzene rings is 1. The molecule has 1 heterocycles. The summed E-state index contributed by atoms with van der Waals surface area (Å²) in [5.41, 5.74) is 7.72. The van der Waals surface area contributed by atoms with E-state index >= 15 is 0 Å². The average Bonchev–Trinajstić information content (AvgIpc) is 2.51. The molecule has 1 aliphatic rings. The molecule has 2 rings (SSSR count). The minimum absolute atomic E-state index is 0.124. The molecule has 1 aromatic carbocycles. The van der Waals surface area contributed by atoms with Crippen LogP contribution in [0.15, 0.2) is 24.3 Å². The highest BCUT2D eigenvalue weighted by Gasteiger charge is 2.29. The molecule has 4 N–H and O–H groups in total. The second-order valence-corrected chi connectivity index (χ2v) is 5.24. The molecule has 1 atom stereocenters. The Labute approximate surface area is 128 Å². The molecule has 7 heteroatoms. The molecular weight excluding hydrogens is 284 g/mol. The number of carbonyl (C=O) groups is 3. The van der Waals surface area contributed by atoms with Crippen LogP contribution in [0.4, 0.5) is 4.79 Å². The van der Waals surface area contributed by atoms with Gasteiger partial charge >= 0.3 is 6.03 Å². The largest absolute Gasteiger partial charge is 0.368 e. The lowest BCUT2D eigenvalue weighted by atomic mass is 9.93. The number of nitrogens with zero attached hydrogens (tertiary/aromatic N) is 1. The van der Waals surface area contributed by atoms with Gasteiger partial charge in [0, 0.05) is 26.6 Å². The number of carbonyl (C=O) groups excluding carboxylic acids is 3. The summed E-state index contributed by atoms with van der Waals surface area (Å²) >= 11 is 0. The van der Waals surface area contributed by atoms with Gasteiger partial charge in [-0.1, -0.05) is 24.3 Å². The van der Waals surface area contributed by atoms with Crippen LogP contribution in [0.25, 0.3) is 0 Å². The van der Waals surface area contributed by atoms with Gasteiger partial charge in [-0.05, 0) is 17.5 Å². The Balaban J connectivity index is 2.01. The predicted octanol–water partition coefficient (Wildman–Crippen LogP) is -0.256. The van der Waals surface area contributed by atoms with E-state index in [-0.39, 0.29) is 12.3 Å². The third-order valence-electron chi connectivity index (χ3n) is 3.78. The van der Waals surface area contributed by atoms with Crippen molar-refractivity contribution in [2.45, 2.75) is 25.4 Å². The van der Waals surface area contributed by atoms with Gasteiger partial charge in [0.1, 0.15) is 0 Å². The molecule has 0 aromatic heterocycles. The van der Waals surface area contributed by atoms with Crippen molar-refractivity contribution in [1.82, 2.24) is 15.5 Å². The quantitative estimate of drug-likeness (QED) is 0.713. The summed E-state index contributed by atoms with van der Waals surface area (Å²) in [6, 6.07) is 6.90. The van der Waals surface area contributed by atoms with Gasteiger partial charge in [-0.25, -0.2) is 4.79 Å². The van der Waals surface area contributed by atoms with Crippen LogP contribution in [0.1, 0.15) is 17.5 Å². The molecule has 1 aromatic rings. The van der Waals surface area contributed by atoms with E-state index in [0.717, 1.165) is 11.1 Å². The highest BCUT2D eigenvalue weighted by atomic mass is 16.2. The molecule has 4 amide bonds. The van der Waals surface area contributed by atoms with Crippen LogP contribution in [0.5, 0.6) is 0 Å². The lowest BCUT2D eigenvalue weighted by Crippen LogP contribution is -2.49. The van der Waals surface area contributed by atoms with E-state index in [2.05, 4.69) is 10.6 Å². The highest BCUT2D eigenvalue weighted by Crippen LogP contribution is 2.23. The number of nitrogens with two attached hydrogens (primary N) is 1. The normalized spacial score (nSPS) is 17.4. The van der Waals surface area contributed by atoms with E-state index in [1.54, 1.807) is 0 Å². The smallest absolute Gasteiger partial charge is 0.321 e. The number of rotatable bonds is 4. The van der Waals surface area contributed by atoms with Crippen LogP contribution in [-0.4, -0.2) is 42.4 Å². The van der Waals surface area contributed by atoms with Crippen LogP contribution in [0.2, 0.25) is 0 Å². The maximum Gasteiger partial charge on any atom is 0.321 e. The maximum atomic E-state index is 11.7. The number of urea groups is 1. The third-order valence-corrected chi connectivity index (χ3v) is 3.78. The lowest BCUT2D eigenvalue weighted by molar-refractivity contribution is -0.125. The van der Waals surface area contributed by atoms with Crippen molar-refractivity contribution in [2.24, 2.45) is 5.73 Å². The Kier molecular flexibility index (Phi) is 5.11. The first-order chi connectivity index (χ1) is 10.5. The third kappa shape index (κ3) is 3.82. The minimum atomic E-state index is -0.541. The molecular formula is C15H20N4O3. The summed E-state index contributed by atoms with van der Waals surface area (Å²) in [4.78, 5) is 36.3. The van der Waals surface area contributed by atoms with Crippen molar-refractivity contribution in [3.63, 3.8) is 0 Å². The Morgan fingerprint density at radius 1 is 1.27 bits per heavy atom. The SMILES string of the molecule is CNC(=O)NC(=O)CCN1Cc2ccccc2C[C@@H]1C(N)=O. The van der Waals surface area contributed by atoms with Crippen LogP contribution in [0.3, 0.4) is 0 Å². The van der Waals surface area contributed by atoms with Gasteiger partial charge < -0.3 is 11.1 Å². The number of nitrogens with one attached hydrogen (secondary N) is 2. The minimum Gasteiger partial charge on any atom is -0.368 e. The van der Waals surface area contributed by atoms with Gasteiger partial charge in [-0.15, -0.1) is 0 Å².